The SMILES string of the molecule is COc1ccc(-c2nc(S(=O)(=O)c3ccccc3)c(NCC3CCCO3)o2)cc1. The van der Waals surface area contributed by atoms with Crippen LogP contribution in [0.5, 0.6) is 5.75 Å². The van der Waals surface area contributed by atoms with Crippen LogP contribution in [0.15, 0.2) is 68.9 Å². The fourth-order valence-electron chi connectivity index (χ4n) is 3.18. The number of hydrogen-bond acceptors (Lipinski definition) is 7. The van der Waals surface area contributed by atoms with Crippen molar-refractivity contribution in [1.82, 2.24) is 4.98 Å². The highest BCUT2D eigenvalue weighted by Gasteiger charge is 2.29. The van der Waals surface area contributed by atoms with Crippen LogP contribution in [0.4, 0.5) is 5.88 Å². The molecule has 7 nitrogen and oxygen atoms in total. The van der Waals surface area contributed by atoms with Gasteiger partial charge >= 0.3 is 0 Å². The number of aromatic nitrogens is 1. The van der Waals surface area contributed by atoms with E-state index in [1.54, 1.807) is 61.7 Å². The lowest BCUT2D eigenvalue weighted by Crippen LogP contribution is -2.19. The molecule has 1 unspecified atom stereocenters. The van der Waals surface area contributed by atoms with Gasteiger partial charge in [-0.1, -0.05) is 18.2 Å². The first kappa shape index (κ1) is 19.5. The summed E-state index contributed by atoms with van der Waals surface area (Å²) in [6, 6.07) is 15.3. The smallest absolute Gasteiger partial charge is 0.233 e. The van der Waals surface area contributed by atoms with E-state index in [9.17, 15) is 8.42 Å². The number of sulfone groups is 1. The van der Waals surface area contributed by atoms with E-state index < -0.39 is 9.84 Å². The molecule has 4 rings (SSSR count). The lowest BCUT2D eigenvalue weighted by molar-refractivity contribution is 0.120. The van der Waals surface area contributed by atoms with Crippen molar-refractivity contribution in [2.75, 3.05) is 25.6 Å². The Morgan fingerprint density at radius 3 is 2.55 bits per heavy atom. The van der Waals surface area contributed by atoms with Crippen molar-refractivity contribution in [2.45, 2.75) is 28.9 Å². The summed E-state index contributed by atoms with van der Waals surface area (Å²) in [4.78, 5) is 4.49. The van der Waals surface area contributed by atoms with E-state index in [1.807, 2.05) is 0 Å². The van der Waals surface area contributed by atoms with Crippen molar-refractivity contribution in [3.05, 3.63) is 54.6 Å². The van der Waals surface area contributed by atoms with Crippen LogP contribution in [0.3, 0.4) is 0 Å². The second kappa shape index (κ2) is 8.26. The van der Waals surface area contributed by atoms with Gasteiger partial charge in [0.25, 0.3) is 0 Å². The molecule has 1 aromatic heterocycles. The predicted molar refractivity (Wildman–Crippen MR) is 108 cm³/mol. The summed E-state index contributed by atoms with van der Waals surface area (Å²) in [5.41, 5.74) is 0.653. The molecular formula is C21H22N2O5S. The van der Waals surface area contributed by atoms with Crippen LogP contribution in [0.2, 0.25) is 0 Å². The number of methoxy groups -OCH3 is 1. The number of hydrogen-bond donors (Lipinski definition) is 1. The van der Waals surface area contributed by atoms with Gasteiger partial charge < -0.3 is 19.2 Å². The summed E-state index contributed by atoms with van der Waals surface area (Å²) in [6.07, 6.45) is 1.94. The Bertz CT molecular complexity index is 1060. The fourth-order valence-corrected chi connectivity index (χ4v) is 4.48. The molecule has 1 fully saturated rings. The number of rotatable bonds is 7. The van der Waals surface area contributed by atoms with E-state index in [-0.39, 0.29) is 27.8 Å². The van der Waals surface area contributed by atoms with Crippen molar-refractivity contribution in [3.8, 4) is 17.2 Å². The van der Waals surface area contributed by atoms with Crippen molar-refractivity contribution in [1.29, 1.82) is 0 Å². The van der Waals surface area contributed by atoms with Crippen LogP contribution in [-0.2, 0) is 14.6 Å². The van der Waals surface area contributed by atoms with Gasteiger partial charge in [0.15, 0.2) is 0 Å². The van der Waals surface area contributed by atoms with Crippen molar-refractivity contribution in [3.63, 3.8) is 0 Å². The van der Waals surface area contributed by atoms with Crippen LogP contribution in [0.25, 0.3) is 11.5 Å². The molecule has 0 radical (unpaired) electrons. The summed E-state index contributed by atoms with van der Waals surface area (Å²) in [5.74, 6) is 1.03. The first-order valence-electron chi connectivity index (χ1n) is 9.39. The molecule has 3 aromatic rings. The Morgan fingerprint density at radius 2 is 1.90 bits per heavy atom. The van der Waals surface area contributed by atoms with Gasteiger partial charge in [-0.05, 0) is 49.2 Å². The molecule has 0 bridgehead atoms. The Kier molecular flexibility index (Phi) is 5.55. The second-order valence-corrected chi connectivity index (χ2v) is 8.58. The quantitative estimate of drug-likeness (QED) is 0.629. The van der Waals surface area contributed by atoms with Crippen LogP contribution in [0.1, 0.15) is 12.8 Å². The van der Waals surface area contributed by atoms with E-state index in [2.05, 4.69) is 10.3 Å². The molecule has 29 heavy (non-hydrogen) atoms. The number of ether oxygens (including phenoxy) is 2. The summed E-state index contributed by atoms with van der Waals surface area (Å²) in [6.45, 7) is 1.17. The molecule has 1 aliphatic heterocycles. The molecular weight excluding hydrogens is 392 g/mol. The molecule has 1 N–H and O–H groups in total. The number of nitrogens with zero attached hydrogens (tertiary/aromatic N) is 1. The molecule has 8 heteroatoms. The first-order valence-corrected chi connectivity index (χ1v) is 10.9. The topological polar surface area (TPSA) is 90.7 Å². The van der Waals surface area contributed by atoms with Crippen molar-refractivity contribution < 1.29 is 22.3 Å². The highest BCUT2D eigenvalue weighted by Crippen LogP contribution is 2.33. The Balaban J connectivity index is 1.71. The van der Waals surface area contributed by atoms with Crippen molar-refractivity contribution in [2.24, 2.45) is 0 Å². The lowest BCUT2D eigenvalue weighted by atomic mass is 10.2. The molecule has 1 saturated heterocycles. The lowest BCUT2D eigenvalue weighted by Gasteiger charge is -2.10. The van der Waals surface area contributed by atoms with Gasteiger partial charge in [0.2, 0.25) is 26.6 Å². The molecule has 0 saturated carbocycles. The summed E-state index contributed by atoms with van der Waals surface area (Å²) in [7, 11) is -2.27. The minimum atomic E-state index is -3.85. The third kappa shape index (κ3) is 4.13. The maximum Gasteiger partial charge on any atom is 0.233 e. The molecule has 2 aromatic carbocycles. The van der Waals surface area contributed by atoms with Gasteiger partial charge in [0, 0.05) is 18.7 Å². The van der Waals surface area contributed by atoms with E-state index in [0.717, 1.165) is 19.4 Å². The first-order chi connectivity index (χ1) is 14.1. The van der Waals surface area contributed by atoms with Crippen LogP contribution >= 0.6 is 0 Å². The molecule has 1 aliphatic rings. The zero-order valence-electron chi connectivity index (χ0n) is 16.0. The summed E-state index contributed by atoms with van der Waals surface area (Å²) >= 11 is 0. The molecule has 1 atom stereocenters. The van der Waals surface area contributed by atoms with Crippen LogP contribution in [0, 0.1) is 0 Å². The highest BCUT2D eigenvalue weighted by molar-refractivity contribution is 7.91. The molecule has 0 spiro atoms. The Hall–Kier alpha value is -2.84. The number of nitrogens with one attached hydrogen (secondary N) is 1. The maximum atomic E-state index is 13.2. The number of anilines is 1. The summed E-state index contributed by atoms with van der Waals surface area (Å²) < 4.78 is 43.0. The third-order valence-electron chi connectivity index (χ3n) is 4.76. The Morgan fingerprint density at radius 1 is 1.14 bits per heavy atom. The van der Waals surface area contributed by atoms with Gasteiger partial charge in [-0.25, -0.2) is 8.42 Å². The zero-order valence-corrected chi connectivity index (χ0v) is 16.8. The van der Waals surface area contributed by atoms with Gasteiger partial charge in [0.05, 0.1) is 18.1 Å². The average molecular weight is 414 g/mol. The number of oxazole rings is 1. The highest BCUT2D eigenvalue weighted by atomic mass is 32.2. The van der Waals surface area contributed by atoms with E-state index >= 15 is 0 Å². The minimum Gasteiger partial charge on any atom is -0.497 e. The van der Waals surface area contributed by atoms with Crippen molar-refractivity contribution >= 4 is 15.7 Å². The van der Waals surface area contributed by atoms with E-state index in [0.29, 0.717) is 17.9 Å². The predicted octanol–water partition coefficient (Wildman–Crippen LogP) is 3.77. The fraction of sp³-hybridized carbons (Fsp3) is 0.286. The molecule has 2 heterocycles. The van der Waals surface area contributed by atoms with Crippen LogP contribution in [-0.4, -0.2) is 39.8 Å². The third-order valence-corrected chi connectivity index (χ3v) is 6.43. The van der Waals surface area contributed by atoms with E-state index in [4.69, 9.17) is 13.9 Å². The van der Waals surface area contributed by atoms with Gasteiger partial charge in [0.1, 0.15) is 5.75 Å². The molecule has 0 aliphatic carbocycles. The second-order valence-electron chi connectivity index (χ2n) is 6.71. The normalized spacial score (nSPS) is 16.7. The largest absolute Gasteiger partial charge is 0.497 e. The average Bonchev–Trinajstić information content (AvgIpc) is 3.43. The maximum absolute atomic E-state index is 13.2. The number of benzene rings is 2. The molecule has 152 valence electrons. The molecule has 0 amide bonds. The van der Waals surface area contributed by atoms with Gasteiger partial charge in [-0.2, -0.15) is 4.98 Å². The zero-order chi connectivity index (χ0) is 20.3. The van der Waals surface area contributed by atoms with Gasteiger partial charge in [-0.3, -0.25) is 0 Å². The standard InChI is InChI=1S/C21H22N2O5S/c1-26-16-11-9-15(10-12-16)19-23-21(29(24,25)18-7-3-2-4-8-18)20(28-19)22-14-17-6-5-13-27-17/h2-4,7-12,17,22H,5-6,13-14H2,1H3. The van der Waals surface area contributed by atoms with E-state index in [1.165, 1.54) is 0 Å². The van der Waals surface area contributed by atoms with Crippen LogP contribution < -0.4 is 10.1 Å². The monoisotopic (exact) mass is 414 g/mol. The van der Waals surface area contributed by atoms with Gasteiger partial charge in [-0.15, -0.1) is 0 Å². The minimum absolute atomic E-state index is 0.0248. The Labute approximate surface area is 169 Å². The summed E-state index contributed by atoms with van der Waals surface area (Å²) in [5, 5.41) is 2.95.